The van der Waals surface area contributed by atoms with Gasteiger partial charge in [0.05, 0.1) is 17.9 Å². The summed E-state index contributed by atoms with van der Waals surface area (Å²) in [6.45, 7) is 3.15. The van der Waals surface area contributed by atoms with Crippen molar-refractivity contribution in [3.63, 3.8) is 0 Å². The number of aryl methyl sites for hydroxylation is 1. The summed E-state index contributed by atoms with van der Waals surface area (Å²) in [6, 6.07) is 11.9. The van der Waals surface area contributed by atoms with Gasteiger partial charge in [0, 0.05) is 24.0 Å². The van der Waals surface area contributed by atoms with Crippen LogP contribution < -0.4 is 15.8 Å². The number of ether oxygens (including phenoxy) is 2. The summed E-state index contributed by atoms with van der Waals surface area (Å²) in [5, 5.41) is 3.82. The van der Waals surface area contributed by atoms with Gasteiger partial charge < -0.3 is 20.5 Å². The van der Waals surface area contributed by atoms with Gasteiger partial charge in [0.25, 0.3) is 5.91 Å². The fourth-order valence-electron chi connectivity index (χ4n) is 4.38. The van der Waals surface area contributed by atoms with Crippen LogP contribution in [0, 0.1) is 6.92 Å². The van der Waals surface area contributed by atoms with Crippen LogP contribution in [0.5, 0.6) is 5.75 Å². The largest absolute Gasteiger partial charge is 0.488 e. The molecule has 1 saturated heterocycles. The fourth-order valence-corrected chi connectivity index (χ4v) is 5.44. The summed E-state index contributed by atoms with van der Waals surface area (Å²) >= 11 is 1.34. The van der Waals surface area contributed by atoms with Crippen LogP contribution in [-0.4, -0.2) is 35.7 Å². The molecule has 5 rings (SSSR count). The number of nitrogen functional groups attached to an aromatic ring is 1. The number of benzene rings is 1. The first kappa shape index (κ1) is 20.3. The number of aromatic nitrogens is 1. The maximum absolute atomic E-state index is 12.6. The number of amides is 1. The third-order valence-electron chi connectivity index (χ3n) is 6.30. The van der Waals surface area contributed by atoms with Gasteiger partial charge in [-0.1, -0.05) is 12.1 Å². The van der Waals surface area contributed by atoms with Crippen molar-refractivity contribution in [2.75, 3.05) is 18.9 Å². The maximum atomic E-state index is 12.6. The summed E-state index contributed by atoms with van der Waals surface area (Å²) in [5.41, 5.74) is 8.84. The van der Waals surface area contributed by atoms with Gasteiger partial charge in [0.1, 0.15) is 21.6 Å². The quantitative estimate of drug-likeness (QED) is 0.602. The zero-order valence-electron chi connectivity index (χ0n) is 17.6. The lowest BCUT2D eigenvalue weighted by Gasteiger charge is -2.36. The van der Waals surface area contributed by atoms with Crippen molar-refractivity contribution in [2.45, 2.75) is 50.7 Å². The zero-order chi connectivity index (χ0) is 21.4. The number of pyridine rings is 1. The molecule has 31 heavy (non-hydrogen) atoms. The molecule has 1 amide bonds. The standard InChI is InChI=1S/C24H27N3O3S/c1-15-3-8-19-20(25)21(31-23(19)27-15)22(28)26-12-9-16-4-6-17(7-5-16)30-18-13-24(29-14-18)10-2-11-24/h3-8,18H,2,9-14,25H2,1H3,(H,26,28)/t18-/m1/s1. The van der Waals surface area contributed by atoms with Crippen molar-refractivity contribution >= 4 is 33.1 Å². The van der Waals surface area contributed by atoms with E-state index >= 15 is 0 Å². The van der Waals surface area contributed by atoms with E-state index in [1.54, 1.807) is 0 Å². The SMILES string of the molecule is Cc1ccc2c(N)c(C(=O)NCCc3ccc(O[C@H]4COC5(CCC5)C4)cc3)sc2n1. The van der Waals surface area contributed by atoms with Gasteiger partial charge in [-0.2, -0.15) is 0 Å². The molecule has 1 aromatic carbocycles. The highest BCUT2D eigenvalue weighted by Crippen LogP contribution is 2.44. The number of thiophene rings is 1. The van der Waals surface area contributed by atoms with E-state index in [1.807, 2.05) is 31.2 Å². The Hall–Kier alpha value is -2.64. The molecule has 3 heterocycles. The van der Waals surface area contributed by atoms with Gasteiger partial charge in [0.15, 0.2) is 0 Å². The van der Waals surface area contributed by atoms with Crippen LogP contribution in [0.3, 0.4) is 0 Å². The molecular weight excluding hydrogens is 410 g/mol. The Morgan fingerprint density at radius 3 is 2.81 bits per heavy atom. The lowest BCUT2D eigenvalue weighted by atomic mass is 9.78. The number of nitrogens with one attached hydrogen (secondary N) is 1. The van der Waals surface area contributed by atoms with Crippen LogP contribution in [-0.2, 0) is 11.2 Å². The molecule has 1 atom stereocenters. The molecular formula is C24H27N3O3S. The number of hydrogen-bond donors (Lipinski definition) is 2. The Balaban J connectivity index is 1.13. The van der Waals surface area contributed by atoms with Gasteiger partial charge in [-0.15, -0.1) is 11.3 Å². The summed E-state index contributed by atoms with van der Waals surface area (Å²) in [6.07, 6.45) is 5.49. The number of carbonyl (C=O) groups is 1. The van der Waals surface area contributed by atoms with E-state index in [0.29, 0.717) is 23.7 Å². The minimum atomic E-state index is -0.149. The number of nitrogens with zero attached hydrogens (tertiary/aromatic N) is 1. The van der Waals surface area contributed by atoms with Crippen LogP contribution in [0.25, 0.3) is 10.2 Å². The summed E-state index contributed by atoms with van der Waals surface area (Å²) < 4.78 is 12.1. The number of fused-ring (bicyclic) bond motifs is 1. The molecule has 1 spiro atoms. The third-order valence-corrected chi connectivity index (χ3v) is 7.42. The second-order valence-electron chi connectivity index (χ2n) is 8.59. The van der Waals surface area contributed by atoms with Gasteiger partial charge in [-0.3, -0.25) is 4.79 Å². The van der Waals surface area contributed by atoms with Crippen molar-refractivity contribution in [2.24, 2.45) is 0 Å². The Morgan fingerprint density at radius 2 is 2.10 bits per heavy atom. The van der Waals surface area contributed by atoms with E-state index in [0.717, 1.165) is 40.1 Å². The average Bonchev–Trinajstić information content (AvgIpc) is 3.31. The molecule has 2 aliphatic rings. The van der Waals surface area contributed by atoms with Gasteiger partial charge in [-0.05, 0) is 62.4 Å². The topological polar surface area (TPSA) is 86.5 Å². The van der Waals surface area contributed by atoms with E-state index in [2.05, 4.69) is 22.4 Å². The van der Waals surface area contributed by atoms with Crippen LogP contribution in [0.15, 0.2) is 36.4 Å². The van der Waals surface area contributed by atoms with Crippen LogP contribution >= 0.6 is 11.3 Å². The van der Waals surface area contributed by atoms with Crippen molar-refractivity contribution in [3.05, 3.63) is 52.5 Å². The summed E-state index contributed by atoms with van der Waals surface area (Å²) in [4.78, 5) is 18.4. The monoisotopic (exact) mass is 437 g/mol. The maximum Gasteiger partial charge on any atom is 0.263 e. The predicted octanol–water partition coefficient (Wildman–Crippen LogP) is 4.25. The molecule has 3 N–H and O–H groups in total. The van der Waals surface area contributed by atoms with E-state index in [1.165, 1.54) is 30.6 Å². The molecule has 7 heteroatoms. The lowest BCUT2D eigenvalue weighted by Crippen LogP contribution is -2.36. The molecule has 3 aromatic rings. The first-order valence-corrected chi connectivity index (χ1v) is 11.7. The number of anilines is 1. The Bertz CT molecular complexity index is 1110. The average molecular weight is 438 g/mol. The zero-order valence-corrected chi connectivity index (χ0v) is 18.5. The fraction of sp³-hybridized carbons (Fsp3) is 0.417. The molecule has 0 unspecified atom stereocenters. The number of carbonyl (C=O) groups excluding carboxylic acids is 1. The molecule has 6 nitrogen and oxygen atoms in total. The highest BCUT2D eigenvalue weighted by Gasteiger charge is 2.45. The third kappa shape index (κ3) is 4.12. The highest BCUT2D eigenvalue weighted by molar-refractivity contribution is 7.21. The Kier molecular flexibility index (Phi) is 5.32. The normalized spacial score (nSPS) is 19.5. The van der Waals surface area contributed by atoms with Crippen LogP contribution in [0.4, 0.5) is 5.69 Å². The first-order chi connectivity index (χ1) is 15.0. The summed E-state index contributed by atoms with van der Waals surface area (Å²) in [7, 11) is 0. The lowest BCUT2D eigenvalue weighted by molar-refractivity contribution is -0.0567. The molecule has 0 radical (unpaired) electrons. The Morgan fingerprint density at radius 1 is 1.29 bits per heavy atom. The smallest absolute Gasteiger partial charge is 0.263 e. The van der Waals surface area contributed by atoms with E-state index in [4.69, 9.17) is 15.2 Å². The first-order valence-electron chi connectivity index (χ1n) is 10.8. The minimum absolute atomic E-state index is 0.107. The summed E-state index contributed by atoms with van der Waals surface area (Å²) in [5.74, 6) is 0.725. The van der Waals surface area contributed by atoms with E-state index < -0.39 is 0 Å². The van der Waals surface area contributed by atoms with Gasteiger partial charge in [-0.25, -0.2) is 4.98 Å². The molecule has 0 bridgehead atoms. The van der Waals surface area contributed by atoms with Crippen molar-refractivity contribution in [3.8, 4) is 5.75 Å². The van der Waals surface area contributed by atoms with Crippen LogP contribution in [0.2, 0.25) is 0 Å². The minimum Gasteiger partial charge on any atom is -0.488 e. The highest BCUT2D eigenvalue weighted by atomic mass is 32.1. The second-order valence-corrected chi connectivity index (χ2v) is 9.59. The van der Waals surface area contributed by atoms with Gasteiger partial charge in [0.2, 0.25) is 0 Å². The van der Waals surface area contributed by atoms with Gasteiger partial charge >= 0.3 is 0 Å². The van der Waals surface area contributed by atoms with Crippen molar-refractivity contribution < 1.29 is 14.3 Å². The second kappa shape index (κ2) is 8.13. The molecule has 2 fully saturated rings. The number of rotatable bonds is 6. The predicted molar refractivity (Wildman–Crippen MR) is 123 cm³/mol. The molecule has 2 aromatic heterocycles. The number of nitrogens with two attached hydrogens (primary N) is 1. The van der Waals surface area contributed by atoms with Crippen molar-refractivity contribution in [1.82, 2.24) is 10.3 Å². The van der Waals surface area contributed by atoms with Crippen molar-refractivity contribution in [1.29, 1.82) is 0 Å². The molecule has 1 aliphatic heterocycles. The van der Waals surface area contributed by atoms with Crippen LogP contribution in [0.1, 0.15) is 46.6 Å². The number of hydrogen-bond acceptors (Lipinski definition) is 6. The Labute approximate surface area is 185 Å². The molecule has 1 saturated carbocycles. The molecule has 1 aliphatic carbocycles. The van der Waals surface area contributed by atoms with E-state index in [-0.39, 0.29) is 17.6 Å². The molecule has 162 valence electrons. The van der Waals surface area contributed by atoms with E-state index in [9.17, 15) is 4.79 Å².